The zero-order valence-corrected chi connectivity index (χ0v) is 8.37. The lowest BCUT2D eigenvalue weighted by Crippen LogP contribution is -2.23. The average molecular weight is 247 g/mol. The van der Waals surface area contributed by atoms with Crippen molar-refractivity contribution >= 4 is 12.2 Å². The third-order valence-electron chi connectivity index (χ3n) is 1.36. The number of amides is 2. The van der Waals surface area contributed by atoms with Crippen LogP contribution in [0.3, 0.4) is 0 Å². The molecule has 2 amide bonds. The van der Waals surface area contributed by atoms with Crippen molar-refractivity contribution in [2.45, 2.75) is 5.92 Å². The van der Waals surface area contributed by atoms with E-state index in [1.54, 1.807) is 0 Å². The number of benzene rings is 1. The second kappa shape index (κ2) is 6.37. The first-order valence-electron chi connectivity index (χ1n) is 8.67. The van der Waals surface area contributed by atoms with Crippen LogP contribution in [-0.2, 0) is 9.47 Å². The second-order valence-electron chi connectivity index (χ2n) is 2.55. The molecule has 1 aromatic rings. The predicted molar refractivity (Wildman–Crippen MR) is 60.3 cm³/mol. The molecule has 0 unspecified atom stereocenters. The highest BCUT2D eigenvalue weighted by Gasteiger charge is 2.15. The summed E-state index contributed by atoms with van der Waals surface area (Å²) in [6, 6.07) is -4.62. The fraction of sp³-hybridized carbons (Fsp3) is 0.273. The van der Waals surface area contributed by atoms with E-state index in [0.717, 1.165) is 0 Å². The largest absolute Gasteiger partial charge is 0.449 e. The summed E-state index contributed by atoms with van der Waals surface area (Å²) in [6.45, 7) is -6.75. The number of rotatable bonds is 5. The maximum absolute atomic E-state index is 11.0. The molecule has 1 rings (SSSR count). The van der Waals surface area contributed by atoms with Gasteiger partial charge in [-0.3, -0.25) is 0 Å². The van der Waals surface area contributed by atoms with E-state index in [9.17, 15) is 9.59 Å². The predicted octanol–water partition coefficient (Wildman–Crippen LogP) is 0.961. The molecule has 0 saturated carbocycles. The molecule has 6 heteroatoms. The topological polar surface area (TPSA) is 105 Å². The Labute approximate surface area is 111 Å². The van der Waals surface area contributed by atoms with Gasteiger partial charge in [-0.1, -0.05) is 30.2 Å². The molecule has 0 heterocycles. The van der Waals surface area contributed by atoms with Crippen molar-refractivity contribution in [3.63, 3.8) is 0 Å². The summed E-state index contributed by atoms with van der Waals surface area (Å²) in [5.41, 5.74) is 8.55. The fourth-order valence-corrected chi connectivity index (χ4v) is 0.780. The molecule has 0 spiro atoms. The smallest absolute Gasteiger partial charge is 0.404 e. The molecule has 0 atom stereocenters. The van der Waals surface area contributed by atoms with Gasteiger partial charge in [0.15, 0.2) is 0 Å². The molecule has 0 fully saturated rings. The molecule has 1 aromatic carbocycles. The van der Waals surface area contributed by atoms with Gasteiger partial charge in [0, 0.05) is 0 Å². The summed E-state index contributed by atoms with van der Waals surface area (Å²) in [4.78, 5) is 21.9. The van der Waals surface area contributed by atoms with Crippen LogP contribution in [0.5, 0.6) is 0 Å². The van der Waals surface area contributed by atoms with E-state index in [-0.39, 0.29) is 0 Å². The number of carbonyl (C=O) groups excluding carboxylic acids is 2. The Morgan fingerprint density at radius 3 is 2.06 bits per heavy atom. The van der Waals surface area contributed by atoms with Gasteiger partial charge in [0.05, 0.1) is 18.3 Å². The van der Waals surface area contributed by atoms with Crippen molar-refractivity contribution < 1.29 is 31.4 Å². The van der Waals surface area contributed by atoms with Gasteiger partial charge in [0.1, 0.15) is 13.1 Å². The van der Waals surface area contributed by atoms with E-state index in [0.29, 0.717) is 0 Å². The third kappa shape index (κ3) is 4.87. The van der Waals surface area contributed by atoms with Gasteiger partial charge in [0.25, 0.3) is 0 Å². The standard InChI is InChI=1S/C11H14N2O4/c12-10(14)16-6-9(7-17-11(13)15)8-4-2-1-3-5-8/h1-5,9H,6-7H2,(H2,12,14)(H2,13,15)/i1D,2D,3D,4D,5D,6D2,7D2. The summed E-state index contributed by atoms with van der Waals surface area (Å²) < 4.78 is 77.9. The van der Waals surface area contributed by atoms with E-state index in [2.05, 4.69) is 9.47 Å². The van der Waals surface area contributed by atoms with Gasteiger partial charge in [-0.2, -0.15) is 0 Å². The molecule has 4 N–H and O–H groups in total. The lowest BCUT2D eigenvalue weighted by atomic mass is 10.0. The first kappa shape index (κ1) is 4.95. The minimum atomic E-state index is -3.38. The normalized spacial score (nSPS) is 19.2. The number of hydrogen-bond donors (Lipinski definition) is 2. The van der Waals surface area contributed by atoms with Crippen LogP contribution in [0, 0.1) is 0 Å². The minimum Gasteiger partial charge on any atom is -0.449 e. The molecule has 17 heavy (non-hydrogen) atoms. The fourth-order valence-electron chi connectivity index (χ4n) is 0.780. The summed E-state index contributed by atoms with van der Waals surface area (Å²) in [5, 5.41) is 0. The molecule has 0 saturated heterocycles. The highest BCUT2D eigenvalue weighted by molar-refractivity contribution is 5.65. The molecular weight excluding hydrogens is 224 g/mol. The molecule has 6 nitrogen and oxygen atoms in total. The molecule has 0 radical (unpaired) electrons. The van der Waals surface area contributed by atoms with E-state index in [4.69, 9.17) is 23.8 Å². The highest BCUT2D eigenvalue weighted by atomic mass is 16.6. The van der Waals surface area contributed by atoms with Crippen molar-refractivity contribution in [2.24, 2.45) is 11.5 Å². The van der Waals surface area contributed by atoms with Crippen LogP contribution in [0.2, 0.25) is 0 Å². The van der Waals surface area contributed by atoms with E-state index in [1.807, 2.05) is 0 Å². The lowest BCUT2D eigenvalue weighted by Gasteiger charge is -2.16. The second-order valence-corrected chi connectivity index (χ2v) is 2.55. The van der Waals surface area contributed by atoms with Crippen molar-refractivity contribution in [1.29, 1.82) is 0 Å². The number of ether oxygens (including phenoxy) is 2. The number of nitrogens with two attached hydrogens (primary N) is 2. The van der Waals surface area contributed by atoms with Crippen LogP contribution < -0.4 is 11.5 Å². The first-order chi connectivity index (χ1) is 11.6. The van der Waals surface area contributed by atoms with Gasteiger partial charge in [-0.05, 0) is 5.56 Å². The Morgan fingerprint density at radius 1 is 1.18 bits per heavy atom. The van der Waals surface area contributed by atoms with Crippen LogP contribution in [-0.4, -0.2) is 25.3 Å². The van der Waals surface area contributed by atoms with Crippen molar-refractivity contribution in [2.75, 3.05) is 13.1 Å². The van der Waals surface area contributed by atoms with E-state index < -0.39 is 67.0 Å². The summed E-state index contributed by atoms with van der Waals surface area (Å²) in [5.74, 6) is -2.51. The van der Waals surface area contributed by atoms with Crippen LogP contribution in [0.4, 0.5) is 9.59 Å². The summed E-state index contributed by atoms with van der Waals surface area (Å²) in [6.07, 6.45) is -3.36. The number of primary amides is 2. The van der Waals surface area contributed by atoms with Gasteiger partial charge < -0.3 is 20.9 Å². The van der Waals surface area contributed by atoms with Crippen molar-refractivity contribution in [1.82, 2.24) is 0 Å². The van der Waals surface area contributed by atoms with E-state index in [1.165, 1.54) is 0 Å². The van der Waals surface area contributed by atoms with Crippen LogP contribution in [0.25, 0.3) is 0 Å². The van der Waals surface area contributed by atoms with Gasteiger partial charge >= 0.3 is 12.2 Å². The highest BCUT2D eigenvalue weighted by Crippen LogP contribution is 2.16. The average Bonchev–Trinajstić information content (AvgIpc) is 2.44. The van der Waals surface area contributed by atoms with Crippen molar-refractivity contribution in [3.8, 4) is 0 Å². The molecule has 0 aliphatic heterocycles. The Bertz CT molecular complexity index is 699. The van der Waals surface area contributed by atoms with Gasteiger partial charge in [-0.15, -0.1) is 0 Å². The maximum atomic E-state index is 11.0. The molecule has 0 aromatic heterocycles. The molecule has 0 aliphatic carbocycles. The Balaban J connectivity index is 3.84. The van der Waals surface area contributed by atoms with E-state index >= 15 is 0 Å². The van der Waals surface area contributed by atoms with Crippen molar-refractivity contribution in [3.05, 3.63) is 35.8 Å². The molecule has 0 bridgehead atoms. The molecule has 0 aliphatic rings. The third-order valence-corrected chi connectivity index (χ3v) is 1.36. The number of hydrogen-bond acceptors (Lipinski definition) is 4. The number of carbonyl (C=O) groups is 2. The Hall–Kier alpha value is -2.24. The van der Waals surface area contributed by atoms with Gasteiger partial charge in [-0.25, -0.2) is 9.59 Å². The molecular formula is C11H14N2O4. The Kier molecular flexibility index (Phi) is 1.85. The van der Waals surface area contributed by atoms with Crippen LogP contribution in [0.15, 0.2) is 30.2 Å². The maximum Gasteiger partial charge on any atom is 0.404 e. The monoisotopic (exact) mass is 247 g/mol. The zero-order chi connectivity index (χ0) is 20.6. The van der Waals surface area contributed by atoms with Crippen LogP contribution in [0.1, 0.15) is 23.8 Å². The lowest BCUT2D eigenvalue weighted by molar-refractivity contribution is 0.116. The SMILES string of the molecule is [2H]c1c([2H])c([2H])c(C(C([2H])([2H])OC(N)=O)C([2H])([2H])OC(N)=O)c([2H])c1[2H]. The molecule has 92 valence electrons. The van der Waals surface area contributed by atoms with Gasteiger partial charge in [0.2, 0.25) is 0 Å². The zero-order valence-electron chi connectivity index (χ0n) is 17.4. The summed E-state index contributed by atoms with van der Waals surface area (Å²) in [7, 11) is 0. The summed E-state index contributed by atoms with van der Waals surface area (Å²) >= 11 is 0. The van der Waals surface area contributed by atoms with Crippen LogP contribution >= 0.6 is 0 Å². The Morgan fingerprint density at radius 2 is 1.65 bits per heavy atom. The first-order valence-corrected chi connectivity index (χ1v) is 4.17. The minimum absolute atomic E-state index is 0.824. The quantitative estimate of drug-likeness (QED) is 0.808.